The van der Waals surface area contributed by atoms with E-state index in [1.54, 1.807) is 0 Å². The molecule has 2 aromatic carbocycles. The average Bonchev–Trinajstić information content (AvgIpc) is 2.97. The Morgan fingerprint density at radius 2 is 1.74 bits per heavy atom. The van der Waals surface area contributed by atoms with Crippen LogP contribution in [-0.2, 0) is 4.74 Å². The van der Waals surface area contributed by atoms with Crippen LogP contribution < -0.4 is 5.32 Å². The maximum Gasteiger partial charge on any atom is 0.0896 e. The summed E-state index contributed by atoms with van der Waals surface area (Å²) in [6.45, 7) is 0.870. The van der Waals surface area contributed by atoms with Crippen molar-refractivity contribution in [3.8, 4) is 0 Å². The summed E-state index contributed by atoms with van der Waals surface area (Å²) in [5, 5.41) is 3.70. The van der Waals surface area contributed by atoms with Gasteiger partial charge in [0, 0.05) is 23.8 Å². The highest BCUT2D eigenvalue weighted by atomic mass is 16.5. The Labute approximate surface area is 113 Å². The van der Waals surface area contributed by atoms with Crippen LogP contribution >= 0.6 is 0 Å². The minimum absolute atomic E-state index is 0.252. The molecule has 2 nitrogen and oxygen atoms in total. The number of benzene rings is 2. The van der Waals surface area contributed by atoms with Crippen LogP contribution in [0.3, 0.4) is 0 Å². The van der Waals surface area contributed by atoms with Crippen molar-refractivity contribution < 1.29 is 4.74 Å². The van der Waals surface area contributed by atoms with Crippen LogP contribution in [0.4, 0.5) is 5.69 Å². The Balaban J connectivity index is 1.79. The van der Waals surface area contributed by atoms with E-state index in [0.717, 1.165) is 13.0 Å². The molecule has 2 aromatic rings. The summed E-state index contributed by atoms with van der Waals surface area (Å²) in [5.74, 6) is 0.539. The number of ether oxygens (including phenoxy) is 1. The van der Waals surface area contributed by atoms with Crippen molar-refractivity contribution in [2.75, 3.05) is 11.9 Å². The van der Waals surface area contributed by atoms with Gasteiger partial charge in [-0.25, -0.2) is 0 Å². The van der Waals surface area contributed by atoms with Crippen molar-refractivity contribution in [3.63, 3.8) is 0 Å². The second-order valence-corrected chi connectivity index (χ2v) is 5.36. The van der Waals surface area contributed by atoms with Crippen molar-refractivity contribution in [1.29, 1.82) is 0 Å². The molecule has 2 aliphatic heterocycles. The van der Waals surface area contributed by atoms with Gasteiger partial charge in [0.15, 0.2) is 0 Å². The van der Waals surface area contributed by atoms with Gasteiger partial charge < -0.3 is 10.1 Å². The van der Waals surface area contributed by atoms with Crippen LogP contribution in [0.25, 0.3) is 0 Å². The fourth-order valence-electron chi connectivity index (χ4n) is 3.41. The molecule has 0 radical (unpaired) electrons. The van der Waals surface area contributed by atoms with Gasteiger partial charge in [0.2, 0.25) is 0 Å². The Hall–Kier alpha value is -1.80. The van der Waals surface area contributed by atoms with Crippen molar-refractivity contribution in [2.24, 2.45) is 5.92 Å². The van der Waals surface area contributed by atoms with Gasteiger partial charge >= 0.3 is 0 Å². The predicted octanol–water partition coefficient (Wildman–Crippen LogP) is 3.93. The molecule has 96 valence electrons. The molecule has 0 aliphatic carbocycles. The van der Waals surface area contributed by atoms with Crippen molar-refractivity contribution >= 4 is 5.69 Å². The monoisotopic (exact) mass is 251 g/mol. The Morgan fingerprint density at radius 1 is 0.947 bits per heavy atom. The maximum atomic E-state index is 6.00. The van der Waals surface area contributed by atoms with Crippen LogP contribution in [0.15, 0.2) is 54.6 Å². The summed E-state index contributed by atoms with van der Waals surface area (Å²) in [6.07, 6.45) is 1.38. The summed E-state index contributed by atoms with van der Waals surface area (Å²) in [6, 6.07) is 19.6. The number of hydrogen-bond donors (Lipinski definition) is 1. The highest BCUT2D eigenvalue weighted by Gasteiger charge is 2.41. The van der Waals surface area contributed by atoms with Crippen LogP contribution in [0.5, 0.6) is 0 Å². The van der Waals surface area contributed by atoms with Crippen LogP contribution in [0, 0.1) is 5.92 Å². The van der Waals surface area contributed by atoms with Crippen molar-refractivity contribution in [3.05, 3.63) is 65.7 Å². The molecule has 1 N–H and O–H groups in total. The van der Waals surface area contributed by atoms with E-state index in [2.05, 4.69) is 59.9 Å². The highest BCUT2D eigenvalue weighted by molar-refractivity contribution is 5.57. The molecule has 0 amide bonds. The largest absolute Gasteiger partial charge is 0.378 e. The standard InChI is InChI=1S/C17H17NO/c1-2-6-12(7-3-1)16-14-10-11-19-17(14)13-8-4-5-9-15(13)18-16/h1-9,14,16-18H,10-11H2/t14-,16+,17+/m0/s1. The first kappa shape index (κ1) is 11.1. The third kappa shape index (κ3) is 1.75. The molecular weight excluding hydrogens is 234 g/mol. The van der Waals surface area contributed by atoms with E-state index in [-0.39, 0.29) is 6.10 Å². The smallest absolute Gasteiger partial charge is 0.0896 e. The Kier molecular flexibility index (Phi) is 2.56. The lowest BCUT2D eigenvalue weighted by molar-refractivity contribution is 0.0829. The van der Waals surface area contributed by atoms with Gasteiger partial charge in [-0.05, 0) is 18.1 Å². The minimum atomic E-state index is 0.252. The Bertz CT molecular complexity index is 581. The van der Waals surface area contributed by atoms with Gasteiger partial charge in [-0.1, -0.05) is 48.5 Å². The predicted molar refractivity (Wildman–Crippen MR) is 76.0 cm³/mol. The topological polar surface area (TPSA) is 21.3 Å². The quantitative estimate of drug-likeness (QED) is 0.829. The minimum Gasteiger partial charge on any atom is -0.378 e. The molecule has 2 heterocycles. The molecule has 4 rings (SSSR count). The molecule has 3 atom stereocenters. The first-order chi connectivity index (χ1) is 9.43. The molecule has 1 fully saturated rings. The first-order valence-corrected chi connectivity index (χ1v) is 6.95. The van der Waals surface area contributed by atoms with Crippen LogP contribution in [0.2, 0.25) is 0 Å². The summed E-state index contributed by atoms with van der Waals surface area (Å²) < 4.78 is 6.00. The van der Waals surface area contributed by atoms with E-state index >= 15 is 0 Å². The van der Waals surface area contributed by atoms with E-state index in [1.165, 1.54) is 16.8 Å². The van der Waals surface area contributed by atoms with E-state index < -0.39 is 0 Å². The Morgan fingerprint density at radius 3 is 2.63 bits per heavy atom. The number of para-hydroxylation sites is 1. The van der Waals surface area contributed by atoms with E-state index in [1.807, 2.05) is 0 Å². The van der Waals surface area contributed by atoms with Crippen LogP contribution in [0.1, 0.15) is 29.7 Å². The van der Waals surface area contributed by atoms with Crippen molar-refractivity contribution in [2.45, 2.75) is 18.6 Å². The molecular formula is C17H17NO. The molecule has 0 spiro atoms. The number of hydrogen-bond acceptors (Lipinski definition) is 2. The van der Waals surface area contributed by atoms with Crippen molar-refractivity contribution in [1.82, 2.24) is 0 Å². The number of fused-ring (bicyclic) bond motifs is 3. The summed E-state index contributed by atoms with van der Waals surface area (Å²) in [5.41, 5.74) is 3.90. The lowest BCUT2D eigenvalue weighted by atomic mass is 9.81. The molecule has 2 aliphatic rings. The molecule has 2 heteroatoms. The zero-order chi connectivity index (χ0) is 12.7. The lowest BCUT2D eigenvalue weighted by Crippen LogP contribution is -2.29. The van der Waals surface area contributed by atoms with Gasteiger partial charge in [0.1, 0.15) is 0 Å². The summed E-state index contributed by atoms with van der Waals surface area (Å²) in [7, 11) is 0. The third-order valence-corrected chi connectivity index (χ3v) is 4.30. The van der Waals surface area contributed by atoms with Gasteiger partial charge in [-0.15, -0.1) is 0 Å². The van der Waals surface area contributed by atoms with Gasteiger partial charge in [0.05, 0.1) is 12.1 Å². The number of nitrogens with one attached hydrogen (secondary N) is 1. The lowest BCUT2D eigenvalue weighted by Gasteiger charge is -2.36. The fraction of sp³-hybridized carbons (Fsp3) is 0.294. The maximum absolute atomic E-state index is 6.00. The number of anilines is 1. The van der Waals surface area contributed by atoms with Gasteiger partial charge in [-0.3, -0.25) is 0 Å². The second kappa shape index (κ2) is 4.39. The fourth-order valence-corrected chi connectivity index (χ4v) is 3.41. The summed E-state index contributed by atoms with van der Waals surface area (Å²) >= 11 is 0. The third-order valence-electron chi connectivity index (χ3n) is 4.30. The van der Waals surface area contributed by atoms with E-state index in [9.17, 15) is 0 Å². The second-order valence-electron chi connectivity index (χ2n) is 5.36. The zero-order valence-electron chi connectivity index (χ0n) is 10.8. The first-order valence-electron chi connectivity index (χ1n) is 6.95. The van der Waals surface area contributed by atoms with Crippen LogP contribution in [-0.4, -0.2) is 6.61 Å². The molecule has 0 unspecified atom stereocenters. The zero-order valence-corrected chi connectivity index (χ0v) is 10.8. The normalized spacial score (nSPS) is 28.3. The van der Waals surface area contributed by atoms with E-state index in [0.29, 0.717) is 12.0 Å². The van der Waals surface area contributed by atoms with Gasteiger partial charge in [-0.2, -0.15) is 0 Å². The molecule has 0 aromatic heterocycles. The van der Waals surface area contributed by atoms with Gasteiger partial charge in [0.25, 0.3) is 0 Å². The highest BCUT2D eigenvalue weighted by Crippen LogP contribution is 2.49. The van der Waals surface area contributed by atoms with E-state index in [4.69, 9.17) is 4.74 Å². The molecule has 0 bridgehead atoms. The molecule has 0 saturated carbocycles. The average molecular weight is 251 g/mol. The molecule has 19 heavy (non-hydrogen) atoms. The SMILES string of the molecule is c1ccc([C@H]2Nc3ccccc3[C@H]3OCC[C@@H]23)cc1. The molecule has 1 saturated heterocycles. The summed E-state index contributed by atoms with van der Waals surface area (Å²) in [4.78, 5) is 0. The number of rotatable bonds is 1.